The van der Waals surface area contributed by atoms with Crippen molar-refractivity contribution >= 4 is 5.97 Å². The number of aromatic nitrogens is 2. The molecule has 0 amide bonds. The van der Waals surface area contributed by atoms with Crippen LogP contribution in [0.25, 0.3) is 0 Å². The van der Waals surface area contributed by atoms with E-state index in [1.165, 1.54) is 13.2 Å². The zero-order chi connectivity index (χ0) is 14.5. The second-order valence-electron chi connectivity index (χ2n) is 4.10. The van der Waals surface area contributed by atoms with Crippen LogP contribution in [0.4, 0.5) is 0 Å². The first-order chi connectivity index (χ1) is 9.67. The molecule has 6 nitrogen and oxygen atoms in total. The van der Waals surface area contributed by atoms with Gasteiger partial charge in [0.2, 0.25) is 0 Å². The highest BCUT2D eigenvalue weighted by atomic mass is 16.5. The van der Waals surface area contributed by atoms with Crippen LogP contribution >= 0.6 is 0 Å². The number of nitrogens with zero attached hydrogens (tertiary/aromatic N) is 2. The van der Waals surface area contributed by atoms with Crippen LogP contribution in [0, 0.1) is 0 Å². The lowest BCUT2D eigenvalue weighted by atomic mass is 10.2. The standard InChI is InChI=1S/C14H16N2O4/c1-3-16-9-15-7-10(16)8-20-13-11(14(17)18)5-4-6-12(13)19-2/h4-7,9H,3,8H2,1-2H3,(H,17,18). The van der Waals surface area contributed by atoms with Crippen LogP contribution in [0.1, 0.15) is 23.0 Å². The first-order valence-corrected chi connectivity index (χ1v) is 6.19. The number of rotatable bonds is 6. The van der Waals surface area contributed by atoms with Crippen molar-refractivity contribution in [3.05, 3.63) is 42.0 Å². The number of aromatic carboxylic acids is 1. The van der Waals surface area contributed by atoms with E-state index in [1.54, 1.807) is 24.7 Å². The number of carbonyl (C=O) groups is 1. The second kappa shape index (κ2) is 6.10. The molecule has 0 fully saturated rings. The molecule has 0 aliphatic heterocycles. The molecule has 1 heterocycles. The average molecular weight is 276 g/mol. The van der Waals surface area contributed by atoms with Crippen LogP contribution in [-0.4, -0.2) is 27.7 Å². The van der Waals surface area contributed by atoms with E-state index in [1.807, 2.05) is 11.5 Å². The normalized spacial score (nSPS) is 10.3. The summed E-state index contributed by atoms with van der Waals surface area (Å²) >= 11 is 0. The number of methoxy groups -OCH3 is 1. The molecule has 0 bridgehead atoms. The number of imidazole rings is 1. The van der Waals surface area contributed by atoms with Crippen molar-refractivity contribution in [1.82, 2.24) is 9.55 Å². The Morgan fingerprint density at radius 2 is 2.25 bits per heavy atom. The van der Waals surface area contributed by atoms with Crippen molar-refractivity contribution in [2.24, 2.45) is 0 Å². The Morgan fingerprint density at radius 1 is 1.45 bits per heavy atom. The highest BCUT2D eigenvalue weighted by Gasteiger charge is 2.16. The van der Waals surface area contributed by atoms with E-state index in [-0.39, 0.29) is 17.9 Å². The number of aryl methyl sites for hydroxylation is 1. The third-order valence-corrected chi connectivity index (χ3v) is 2.93. The smallest absolute Gasteiger partial charge is 0.339 e. The maximum Gasteiger partial charge on any atom is 0.339 e. The Labute approximate surface area is 116 Å². The summed E-state index contributed by atoms with van der Waals surface area (Å²) < 4.78 is 12.7. The predicted octanol–water partition coefficient (Wildman–Crippen LogP) is 2.19. The predicted molar refractivity (Wildman–Crippen MR) is 72.2 cm³/mol. The van der Waals surface area contributed by atoms with Gasteiger partial charge in [-0.25, -0.2) is 9.78 Å². The molecule has 0 saturated carbocycles. The highest BCUT2D eigenvalue weighted by molar-refractivity contribution is 5.92. The van der Waals surface area contributed by atoms with Crippen molar-refractivity contribution < 1.29 is 19.4 Å². The summed E-state index contributed by atoms with van der Waals surface area (Å²) in [5.74, 6) is -0.429. The lowest BCUT2D eigenvalue weighted by Crippen LogP contribution is -2.08. The first-order valence-electron chi connectivity index (χ1n) is 6.19. The molecule has 0 saturated heterocycles. The molecule has 1 aromatic carbocycles. The number of carboxylic acid groups (broad SMARTS) is 1. The average Bonchev–Trinajstić information content (AvgIpc) is 2.91. The van der Waals surface area contributed by atoms with Gasteiger partial charge in [0, 0.05) is 6.54 Å². The van der Waals surface area contributed by atoms with Gasteiger partial charge in [-0.2, -0.15) is 0 Å². The summed E-state index contributed by atoms with van der Waals surface area (Å²) in [6.07, 6.45) is 3.40. The number of ether oxygens (including phenoxy) is 2. The van der Waals surface area contributed by atoms with Crippen molar-refractivity contribution in [3.8, 4) is 11.5 Å². The molecule has 0 radical (unpaired) electrons. The highest BCUT2D eigenvalue weighted by Crippen LogP contribution is 2.31. The molecule has 0 unspecified atom stereocenters. The van der Waals surface area contributed by atoms with Crippen LogP contribution in [0.5, 0.6) is 11.5 Å². The van der Waals surface area contributed by atoms with E-state index in [2.05, 4.69) is 4.98 Å². The van der Waals surface area contributed by atoms with E-state index in [0.717, 1.165) is 12.2 Å². The first kappa shape index (κ1) is 13.9. The van der Waals surface area contributed by atoms with Crippen molar-refractivity contribution in [2.45, 2.75) is 20.1 Å². The second-order valence-corrected chi connectivity index (χ2v) is 4.10. The third-order valence-electron chi connectivity index (χ3n) is 2.93. The maximum atomic E-state index is 11.2. The Bertz CT molecular complexity index is 607. The number of para-hydroxylation sites is 1. The lowest BCUT2D eigenvalue weighted by molar-refractivity contribution is 0.0690. The molecule has 0 atom stereocenters. The number of hydrogen-bond donors (Lipinski definition) is 1. The molecule has 2 aromatic rings. The molecule has 2 rings (SSSR count). The molecular weight excluding hydrogens is 260 g/mol. The van der Waals surface area contributed by atoms with E-state index >= 15 is 0 Å². The van der Waals surface area contributed by atoms with Gasteiger partial charge in [0.15, 0.2) is 11.5 Å². The summed E-state index contributed by atoms with van der Waals surface area (Å²) in [7, 11) is 1.48. The van der Waals surface area contributed by atoms with Crippen molar-refractivity contribution in [3.63, 3.8) is 0 Å². The van der Waals surface area contributed by atoms with Gasteiger partial charge in [0.1, 0.15) is 12.2 Å². The zero-order valence-corrected chi connectivity index (χ0v) is 11.4. The quantitative estimate of drug-likeness (QED) is 0.875. The molecular formula is C14H16N2O4. The minimum Gasteiger partial charge on any atom is -0.493 e. The molecule has 1 aromatic heterocycles. The number of carboxylic acids is 1. The van der Waals surface area contributed by atoms with E-state index in [4.69, 9.17) is 9.47 Å². The van der Waals surface area contributed by atoms with Gasteiger partial charge in [-0.3, -0.25) is 0 Å². The van der Waals surface area contributed by atoms with E-state index < -0.39 is 5.97 Å². The summed E-state index contributed by atoms with van der Waals surface area (Å²) in [6.45, 7) is 3.00. The van der Waals surface area contributed by atoms with Crippen molar-refractivity contribution in [2.75, 3.05) is 7.11 Å². The summed E-state index contributed by atoms with van der Waals surface area (Å²) in [4.78, 5) is 15.3. The topological polar surface area (TPSA) is 73.6 Å². The Morgan fingerprint density at radius 3 is 2.90 bits per heavy atom. The molecule has 1 N–H and O–H groups in total. The molecule has 0 aliphatic carbocycles. The molecule has 0 spiro atoms. The van der Waals surface area contributed by atoms with Crippen LogP contribution in [0.3, 0.4) is 0 Å². The fourth-order valence-corrected chi connectivity index (χ4v) is 1.89. The monoisotopic (exact) mass is 276 g/mol. The molecule has 0 aliphatic rings. The van der Waals surface area contributed by atoms with Gasteiger partial charge < -0.3 is 19.1 Å². The van der Waals surface area contributed by atoms with Gasteiger partial charge in [-0.05, 0) is 19.1 Å². The van der Waals surface area contributed by atoms with Gasteiger partial charge >= 0.3 is 5.97 Å². The van der Waals surface area contributed by atoms with E-state index in [0.29, 0.717) is 5.75 Å². The van der Waals surface area contributed by atoms with Gasteiger partial charge in [-0.15, -0.1) is 0 Å². The van der Waals surface area contributed by atoms with E-state index in [9.17, 15) is 9.90 Å². The summed E-state index contributed by atoms with van der Waals surface area (Å²) in [5.41, 5.74) is 0.946. The lowest BCUT2D eigenvalue weighted by Gasteiger charge is -2.13. The summed E-state index contributed by atoms with van der Waals surface area (Å²) in [5, 5.41) is 9.19. The molecule has 20 heavy (non-hydrogen) atoms. The third kappa shape index (κ3) is 2.74. The molecule has 106 valence electrons. The SMILES string of the molecule is CCn1cncc1COc1c(OC)cccc1C(=O)O. The van der Waals surface area contributed by atoms with Crippen molar-refractivity contribution in [1.29, 1.82) is 0 Å². The van der Waals surface area contributed by atoms with Gasteiger partial charge in [0.05, 0.1) is 25.3 Å². The van der Waals surface area contributed by atoms with Gasteiger partial charge in [0.25, 0.3) is 0 Å². The Kier molecular flexibility index (Phi) is 4.24. The van der Waals surface area contributed by atoms with Crippen LogP contribution in [-0.2, 0) is 13.2 Å². The fraction of sp³-hybridized carbons (Fsp3) is 0.286. The largest absolute Gasteiger partial charge is 0.493 e. The Balaban J connectivity index is 2.26. The maximum absolute atomic E-state index is 11.2. The van der Waals surface area contributed by atoms with Gasteiger partial charge in [-0.1, -0.05) is 6.07 Å². The number of hydrogen-bond acceptors (Lipinski definition) is 4. The zero-order valence-electron chi connectivity index (χ0n) is 11.4. The van der Waals surface area contributed by atoms with Crippen LogP contribution in [0.15, 0.2) is 30.7 Å². The van der Waals surface area contributed by atoms with Crippen LogP contribution < -0.4 is 9.47 Å². The summed E-state index contributed by atoms with van der Waals surface area (Å²) in [6, 6.07) is 4.77. The fourth-order valence-electron chi connectivity index (χ4n) is 1.89. The minimum absolute atomic E-state index is 0.0758. The number of benzene rings is 1. The molecule has 6 heteroatoms. The minimum atomic E-state index is -1.05. The Hall–Kier alpha value is -2.50. The van der Waals surface area contributed by atoms with Crippen LogP contribution in [0.2, 0.25) is 0 Å².